The maximum absolute atomic E-state index is 12.4. The fourth-order valence-electron chi connectivity index (χ4n) is 2.62. The second kappa shape index (κ2) is 8.01. The molecule has 2 amide bonds. The van der Waals surface area contributed by atoms with Gasteiger partial charge in [-0.1, -0.05) is 29.8 Å². The van der Waals surface area contributed by atoms with Gasteiger partial charge in [-0.2, -0.15) is 4.98 Å². The average Bonchev–Trinajstić information content (AvgIpc) is 3.04. The number of hydrogen-bond donors (Lipinski definition) is 3. The molecule has 0 radical (unpaired) electrons. The number of halogens is 1. The van der Waals surface area contributed by atoms with Gasteiger partial charge in [-0.3, -0.25) is 9.88 Å². The molecule has 3 rings (SSSR count). The Morgan fingerprint density at radius 2 is 1.68 bits per heavy atom. The molecule has 2 aromatic carbocycles. The summed E-state index contributed by atoms with van der Waals surface area (Å²) in [7, 11) is 3.48. The standard InChI is InChI=1S/C19H18ClN5O3/c1-24(2)19-23-16(22-18(28)21-13-10-8-12(20)9-11-13)15(17(26)27)25(19)14-6-4-3-5-7-14/h3-11H,1-2H3,(H,26,27)(H2,21,22,28). The van der Waals surface area contributed by atoms with E-state index in [4.69, 9.17) is 11.6 Å². The molecule has 3 aromatic rings. The van der Waals surface area contributed by atoms with Crippen LogP contribution in [0.2, 0.25) is 5.02 Å². The zero-order valence-electron chi connectivity index (χ0n) is 15.2. The number of hydrogen-bond acceptors (Lipinski definition) is 4. The maximum Gasteiger partial charge on any atom is 0.356 e. The van der Waals surface area contributed by atoms with Gasteiger partial charge in [0.15, 0.2) is 11.5 Å². The molecule has 8 nitrogen and oxygen atoms in total. The van der Waals surface area contributed by atoms with Gasteiger partial charge in [-0.25, -0.2) is 9.59 Å². The zero-order chi connectivity index (χ0) is 20.3. The first-order chi connectivity index (χ1) is 13.4. The van der Waals surface area contributed by atoms with Gasteiger partial charge < -0.3 is 15.3 Å². The van der Waals surface area contributed by atoms with Crippen molar-refractivity contribution in [3.8, 4) is 5.69 Å². The molecule has 28 heavy (non-hydrogen) atoms. The van der Waals surface area contributed by atoms with Crippen LogP contribution in [0.5, 0.6) is 0 Å². The largest absolute Gasteiger partial charge is 0.476 e. The summed E-state index contributed by atoms with van der Waals surface area (Å²) in [6.45, 7) is 0. The molecule has 1 aromatic heterocycles. The summed E-state index contributed by atoms with van der Waals surface area (Å²) in [6.07, 6.45) is 0. The number of carboxylic acid groups (broad SMARTS) is 1. The minimum Gasteiger partial charge on any atom is -0.476 e. The molecule has 1 heterocycles. The molecule has 0 saturated heterocycles. The third kappa shape index (κ3) is 4.07. The molecule has 0 atom stereocenters. The summed E-state index contributed by atoms with van der Waals surface area (Å²) in [6, 6.07) is 14.9. The number of nitrogens with zero attached hydrogens (tertiary/aromatic N) is 3. The molecule has 0 aliphatic heterocycles. The van der Waals surface area contributed by atoms with Gasteiger partial charge in [0.05, 0.1) is 0 Å². The summed E-state index contributed by atoms with van der Waals surface area (Å²) < 4.78 is 1.47. The second-order valence-corrected chi connectivity index (χ2v) is 6.50. The molecular weight excluding hydrogens is 382 g/mol. The van der Waals surface area contributed by atoms with Crippen molar-refractivity contribution >= 4 is 41.1 Å². The van der Waals surface area contributed by atoms with Crippen LogP contribution in [0.15, 0.2) is 54.6 Å². The number of aromatic nitrogens is 2. The number of imidazole rings is 1. The molecule has 9 heteroatoms. The lowest BCUT2D eigenvalue weighted by Gasteiger charge is -2.15. The van der Waals surface area contributed by atoms with Crippen LogP contribution in [-0.4, -0.2) is 40.8 Å². The summed E-state index contributed by atoms with van der Waals surface area (Å²) in [5.74, 6) is -0.914. The molecule has 0 saturated carbocycles. The fourth-order valence-corrected chi connectivity index (χ4v) is 2.74. The topological polar surface area (TPSA) is 99.5 Å². The van der Waals surface area contributed by atoms with Crippen LogP contribution in [0.4, 0.5) is 22.2 Å². The van der Waals surface area contributed by atoms with Crippen LogP contribution in [0.25, 0.3) is 5.69 Å². The molecule has 0 aliphatic rings. The monoisotopic (exact) mass is 399 g/mol. The Morgan fingerprint density at radius 3 is 2.25 bits per heavy atom. The number of nitrogens with one attached hydrogen (secondary N) is 2. The molecule has 0 aliphatic carbocycles. The van der Waals surface area contributed by atoms with Crippen molar-refractivity contribution in [1.29, 1.82) is 0 Å². The van der Waals surface area contributed by atoms with Crippen molar-refractivity contribution < 1.29 is 14.7 Å². The number of carboxylic acids is 1. The highest BCUT2D eigenvalue weighted by Crippen LogP contribution is 2.27. The predicted octanol–water partition coefficient (Wildman–Crippen LogP) is 3.93. The van der Waals surface area contributed by atoms with E-state index in [0.29, 0.717) is 22.3 Å². The summed E-state index contributed by atoms with van der Waals surface area (Å²) in [5, 5.41) is 15.4. The van der Waals surface area contributed by atoms with Gasteiger partial charge in [-0.15, -0.1) is 0 Å². The predicted molar refractivity (Wildman–Crippen MR) is 109 cm³/mol. The Labute approximate surface area is 166 Å². The molecular formula is C19H18ClN5O3. The van der Waals surface area contributed by atoms with Crippen LogP contribution in [0, 0.1) is 0 Å². The molecule has 0 unspecified atom stereocenters. The smallest absolute Gasteiger partial charge is 0.356 e. The van der Waals surface area contributed by atoms with E-state index in [0.717, 1.165) is 0 Å². The third-order valence-electron chi connectivity index (χ3n) is 3.81. The lowest BCUT2D eigenvalue weighted by atomic mass is 10.3. The van der Waals surface area contributed by atoms with Gasteiger partial charge in [0.2, 0.25) is 5.95 Å². The van der Waals surface area contributed by atoms with Crippen LogP contribution in [0.3, 0.4) is 0 Å². The Balaban J connectivity index is 1.97. The summed E-state index contributed by atoms with van der Waals surface area (Å²) in [4.78, 5) is 30.3. The van der Waals surface area contributed by atoms with Gasteiger partial charge in [0.25, 0.3) is 0 Å². The fraction of sp³-hybridized carbons (Fsp3) is 0.105. The highest BCUT2D eigenvalue weighted by molar-refractivity contribution is 6.30. The number of anilines is 3. The Hall–Kier alpha value is -3.52. The lowest BCUT2D eigenvalue weighted by Crippen LogP contribution is -2.21. The van der Waals surface area contributed by atoms with E-state index in [-0.39, 0.29) is 11.5 Å². The number of aromatic carboxylic acids is 1. The Morgan fingerprint density at radius 1 is 1.04 bits per heavy atom. The molecule has 3 N–H and O–H groups in total. The van der Waals surface area contributed by atoms with Gasteiger partial charge in [-0.05, 0) is 36.4 Å². The van der Waals surface area contributed by atoms with E-state index < -0.39 is 12.0 Å². The van der Waals surface area contributed by atoms with E-state index in [1.807, 2.05) is 6.07 Å². The lowest BCUT2D eigenvalue weighted by molar-refractivity contribution is 0.0689. The van der Waals surface area contributed by atoms with Crippen molar-refractivity contribution in [2.24, 2.45) is 0 Å². The van der Waals surface area contributed by atoms with Crippen molar-refractivity contribution in [3.05, 3.63) is 65.3 Å². The first-order valence-electron chi connectivity index (χ1n) is 8.29. The van der Waals surface area contributed by atoms with Crippen LogP contribution in [0.1, 0.15) is 10.5 Å². The second-order valence-electron chi connectivity index (χ2n) is 6.07. The average molecular weight is 400 g/mol. The highest BCUT2D eigenvalue weighted by Gasteiger charge is 2.26. The minimum atomic E-state index is -1.22. The van der Waals surface area contributed by atoms with Crippen LogP contribution < -0.4 is 15.5 Å². The molecule has 0 fully saturated rings. The van der Waals surface area contributed by atoms with Gasteiger partial charge in [0.1, 0.15) is 0 Å². The van der Waals surface area contributed by atoms with E-state index in [9.17, 15) is 14.7 Å². The van der Waals surface area contributed by atoms with E-state index in [1.165, 1.54) is 4.57 Å². The first-order valence-corrected chi connectivity index (χ1v) is 8.67. The number of rotatable bonds is 5. The van der Waals surface area contributed by atoms with Crippen molar-refractivity contribution in [2.45, 2.75) is 0 Å². The van der Waals surface area contributed by atoms with E-state index >= 15 is 0 Å². The third-order valence-corrected chi connectivity index (χ3v) is 4.06. The number of carbonyl (C=O) groups is 2. The Kier molecular flexibility index (Phi) is 5.51. The number of carbonyl (C=O) groups excluding carboxylic acids is 1. The van der Waals surface area contributed by atoms with Gasteiger partial charge >= 0.3 is 12.0 Å². The number of para-hydroxylation sites is 1. The Bertz CT molecular complexity index is 1000. The van der Waals surface area contributed by atoms with Crippen molar-refractivity contribution in [3.63, 3.8) is 0 Å². The highest BCUT2D eigenvalue weighted by atomic mass is 35.5. The van der Waals surface area contributed by atoms with Crippen molar-refractivity contribution in [1.82, 2.24) is 9.55 Å². The maximum atomic E-state index is 12.4. The SMILES string of the molecule is CN(C)c1nc(NC(=O)Nc2ccc(Cl)cc2)c(C(=O)O)n1-c1ccccc1. The van der Waals surface area contributed by atoms with E-state index in [1.54, 1.807) is 67.5 Å². The van der Waals surface area contributed by atoms with E-state index in [2.05, 4.69) is 15.6 Å². The van der Waals surface area contributed by atoms with Crippen molar-refractivity contribution in [2.75, 3.05) is 29.6 Å². The number of urea groups is 1. The van der Waals surface area contributed by atoms with Crippen LogP contribution in [-0.2, 0) is 0 Å². The number of amides is 2. The molecule has 0 bridgehead atoms. The molecule has 144 valence electrons. The minimum absolute atomic E-state index is 0.0634. The first kappa shape index (κ1) is 19.2. The number of benzene rings is 2. The summed E-state index contributed by atoms with van der Waals surface area (Å²) >= 11 is 5.83. The van der Waals surface area contributed by atoms with Crippen LogP contribution >= 0.6 is 11.6 Å². The molecule has 0 spiro atoms. The zero-order valence-corrected chi connectivity index (χ0v) is 15.9. The quantitative estimate of drug-likeness (QED) is 0.603. The van der Waals surface area contributed by atoms with Gasteiger partial charge in [0, 0.05) is 30.5 Å². The summed E-state index contributed by atoms with van der Waals surface area (Å²) in [5.41, 5.74) is 0.970. The normalized spacial score (nSPS) is 10.4.